The molecular weight excluding hydrogens is 336 g/mol. The zero-order chi connectivity index (χ0) is 18.8. The van der Waals surface area contributed by atoms with Gasteiger partial charge in [-0.05, 0) is 54.7 Å². The van der Waals surface area contributed by atoms with Crippen LogP contribution in [0.25, 0.3) is 22.2 Å². The number of hydrogen-bond donors (Lipinski definition) is 0. The minimum absolute atomic E-state index is 0.0112. The van der Waals surface area contributed by atoms with Crippen LogP contribution in [0, 0.1) is 0 Å². The van der Waals surface area contributed by atoms with E-state index in [2.05, 4.69) is 22.0 Å². The van der Waals surface area contributed by atoms with Gasteiger partial charge in [0.2, 0.25) is 0 Å². The molecule has 0 atom stereocenters. The van der Waals surface area contributed by atoms with Gasteiger partial charge >= 0.3 is 0 Å². The second-order valence-electron chi connectivity index (χ2n) is 7.26. The van der Waals surface area contributed by atoms with Crippen LogP contribution in [0.2, 0.25) is 0 Å². The Morgan fingerprint density at radius 3 is 2.33 bits per heavy atom. The fraction of sp³-hybridized carbons (Fsp3) is 0.318. The lowest BCUT2D eigenvalue weighted by Crippen LogP contribution is -2.30. The maximum Gasteiger partial charge on any atom is 0.253 e. The summed E-state index contributed by atoms with van der Waals surface area (Å²) in [6, 6.07) is 13.9. The standard InChI is InChI=1S/C22H24N4O/c1-25(2)22(27)17-8-6-16(7-9-17)18-10-11-19-20(14-18)24-21(15-23-19)26-12-4-3-5-13-26/h6-11,14-15H,3-5,12-13H2,1-2H3. The number of carbonyl (C=O) groups excluding carboxylic acids is 1. The van der Waals surface area contributed by atoms with Gasteiger partial charge in [-0.3, -0.25) is 9.78 Å². The Morgan fingerprint density at radius 1 is 0.926 bits per heavy atom. The molecule has 1 aromatic heterocycles. The molecule has 2 aromatic carbocycles. The van der Waals surface area contributed by atoms with Gasteiger partial charge in [-0.25, -0.2) is 4.98 Å². The van der Waals surface area contributed by atoms with Crippen molar-refractivity contribution in [2.75, 3.05) is 32.1 Å². The highest BCUT2D eigenvalue weighted by atomic mass is 16.2. The van der Waals surface area contributed by atoms with Gasteiger partial charge in [0.25, 0.3) is 5.91 Å². The maximum atomic E-state index is 12.1. The van der Waals surface area contributed by atoms with Crippen LogP contribution in [0.4, 0.5) is 5.82 Å². The minimum atomic E-state index is 0.0112. The van der Waals surface area contributed by atoms with Gasteiger partial charge in [-0.2, -0.15) is 0 Å². The summed E-state index contributed by atoms with van der Waals surface area (Å²) in [5.41, 5.74) is 4.65. The van der Waals surface area contributed by atoms with E-state index in [1.165, 1.54) is 19.3 Å². The smallest absolute Gasteiger partial charge is 0.253 e. The number of anilines is 1. The average molecular weight is 360 g/mol. The van der Waals surface area contributed by atoms with Gasteiger partial charge in [0.1, 0.15) is 5.82 Å². The molecule has 0 aliphatic carbocycles. The lowest BCUT2D eigenvalue weighted by molar-refractivity contribution is 0.0827. The van der Waals surface area contributed by atoms with E-state index in [0.717, 1.165) is 41.1 Å². The highest BCUT2D eigenvalue weighted by Gasteiger charge is 2.13. The van der Waals surface area contributed by atoms with Crippen LogP contribution >= 0.6 is 0 Å². The summed E-state index contributed by atoms with van der Waals surface area (Å²) >= 11 is 0. The number of amides is 1. The van der Waals surface area contributed by atoms with Crippen LogP contribution in [0.3, 0.4) is 0 Å². The Hall–Kier alpha value is -2.95. The zero-order valence-electron chi connectivity index (χ0n) is 15.9. The lowest BCUT2D eigenvalue weighted by atomic mass is 10.0. The molecule has 4 rings (SSSR count). The fourth-order valence-corrected chi connectivity index (χ4v) is 3.52. The first-order valence-corrected chi connectivity index (χ1v) is 9.46. The second-order valence-corrected chi connectivity index (χ2v) is 7.26. The van der Waals surface area contributed by atoms with Gasteiger partial charge in [0, 0.05) is 32.7 Å². The number of aromatic nitrogens is 2. The molecular formula is C22H24N4O. The predicted molar refractivity (Wildman–Crippen MR) is 109 cm³/mol. The first-order valence-electron chi connectivity index (χ1n) is 9.46. The summed E-state index contributed by atoms with van der Waals surface area (Å²) in [5, 5.41) is 0. The third kappa shape index (κ3) is 3.63. The summed E-state index contributed by atoms with van der Waals surface area (Å²) in [6.45, 7) is 2.11. The Kier molecular flexibility index (Phi) is 4.75. The summed E-state index contributed by atoms with van der Waals surface area (Å²) in [5.74, 6) is 0.975. The monoisotopic (exact) mass is 360 g/mol. The van der Waals surface area contributed by atoms with Crippen LogP contribution in [-0.4, -0.2) is 48.0 Å². The molecule has 2 heterocycles. The molecule has 138 valence electrons. The normalized spacial score (nSPS) is 14.4. The highest BCUT2D eigenvalue weighted by Crippen LogP contribution is 2.25. The number of nitrogens with zero attached hydrogens (tertiary/aromatic N) is 4. The summed E-state index contributed by atoms with van der Waals surface area (Å²) in [7, 11) is 3.52. The van der Waals surface area contributed by atoms with Crippen molar-refractivity contribution < 1.29 is 4.79 Å². The average Bonchev–Trinajstić information content (AvgIpc) is 2.73. The second kappa shape index (κ2) is 7.35. The van der Waals surface area contributed by atoms with E-state index in [-0.39, 0.29) is 5.91 Å². The van der Waals surface area contributed by atoms with Crippen LogP contribution in [-0.2, 0) is 0 Å². The number of fused-ring (bicyclic) bond motifs is 1. The van der Waals surface area contributed by atoms with Gasteiger partial charge in [0.05, 0.1) is 17.2 Å². The molecule has 1 fully saturated rings. The molecule has 0 radical (unpaired) electrons. The van der Waals surface area contributed by atoms with Crippen molar-refractivity contribution in [3.63, 3.8) is 0 Å². The summed E-state index contributed by atoms with van der Waals surface area (Å²) in [6.07, 6.45) is 5.62. The molecule has 0 N–H and O–H groups in total. The molecule has 1 aliphatic rings. The first kappa shape index (κ1) is 17.5. The van der Waals surface area contributed by atoms with E-state index in [1.807, 2.05) is 36.5 Å². The molecule has 0 unspecified atom stereocenters. The Balaban J connectivity index is 1.64. The van der Waals surface area contributed by atoms with Crippen molar-refractivity contribution in [3.05, 3.63) is 54.2 Å². The van der Waals surface area contributed by atoms with E-state index in [1.54, 1.807) is 19.0 Å². The Bertz CT molecular complexity index is 960. The van der Waals surface area contributed by atoms with E-state index in [9.17, 15) is 4.79 Å². The molecule has 1 amide bonds. The molecule has 5 nitrogen and oxygen atoms in total. The quantitative estimate of drug-likeness (QED) is 0.709. The van der Waals surface area contributed by atoms with Crippen LogP contribution in [0.15, 0.2) is 48.7 Å². The molecule has 1 saturated heterocycles. The van der Waals surface area contributed by atoms with Crippen molar-refractivity contribution in [2.24, 2.45) is 0 Å². The highest BCUT2D eigenvalue weighted by molar-refractivity contribution is 5.94. The molecule has 0 bridgehead atoms. The maximum absolute atomic E-state index is 12.1. The van der Waals surface area contributed by atoms with Crippen LogP contribution in [0.5, 0.6) is 0 Å². The molecule has 0 spiro atoms. The molecule has 5 heteroatoms. The molecule has 27 heavy (non-hydrogen) atoms. The minimum Gasteiger partial charge on any atom is -0.355 e. The molecule has 1 aliphatic heterocycles. The summed E-state index contributed by atoms with van der Waals surface area (Å²) in [4.78, 5) is 25.4. The Morgan fingerprint density at radius 2 is 1.63 bits per heavy atom. The van der Waals surface area contributed by atoms with Crippen molar-refractivity contribution in [1.82, 2.24) is 14.9 Å². The fourth-order valence-electron chi connectivity index (χ4n) is 3.52. The van der Waals surface area contributed by atoms with Crippen LogP contribution in [0.1, 0.15) is 29.6 Å². The summed E-state index contributed by atoms with van der Waals surface area (Å²) < 4.78 is 0. The van der Waals surface area contributed by atoms with Crippen LogP contribution < -0.4 is 4.90 Å². The largest absolute Gasteiger partial charge is 0.355 e. The van der Waals surface area contributed by atoms with Gasteiger partial charge in [0.15, 0.2) is 0 Å². The van der Waals surface area contributed by atoms with Crippen molar-refractivity contribution in [2.45, 2.75) is 19.3 Å². The Labute approximate surface area is 159 Å². The number of rotatable bonds is 3. The number of piperidine rings is 1. The molecule has 0 saturated carbocycles. The third-order valence-corrected chi connectivity index (χ3v) is 5.08. The third-order valence-electron chi connectivity index (χ3n) is 5.08. The van der Waals surface area contributed by atoms with E-state index in [0.29, 0.717) is 5.56 Å². The molecule has 3 aromatic rings. The SMILES string of the molecule is CN(C)C(=O)c1ccc(-c2ccc3ncc(N4CCCCC4)nc3c2)cc1. The van der Waals surface area contributed by atoms with Crippen molar-refractivity contribution in [3.8, 4) is 11.1 Å². The number of benzene rings is 2. The predicted octanol–water partition coefficient (Wildman–Crippen LogP) is 3.99. The number of carbonyl (C=O) groups is 1. The number of hydrogen-bond acceptors (Lipinski definition) is 4. The van der Waals surface area contributed by atoms with Crippen molar-refractivity contribution >= 4 is 22.8 Å². The topological polar surface area (TPSA) is 49.3 Å². The zero-order valence-corrected chi connectivity index (χ0v) is 15.9. The van der Waals surface area contributed by atoms with E-state index in [4.69, 9.17) is 4.98 Å². The van der Waals surface area contributed by atoms with E-state index < -0.39 is 0 Å². The van der Waals surface area contributed by atoms with Gasteiger partial charge in [-0.15, -0.1) is 0 Å². The van der Waals surface area contributed by atoms with Gasteiger partial charge < -0.3 is 9.80 Å². The van der Waals surface area contributed by atoms with Crippen molar-refractivity contribution in [1.29, 1.82) is 0 Å². The van der Waals surface area contributed by atoms with E-state index >= 15 is 0 Å². The first-order chi connectivity index (χ1) is 13.1. The lowest BCUT2D eigenvalue weighted by Gasteiger charge is -2.27. The van der Waals surface area contributed by atoms with Gasteiger partial charge in [-0.1, -0.05) is 18.2 Å².